The molecule has 1 aliphatic carbocycles. The van der Waals surface area contributed by atoms with Gasteiger partial charge in [0.2, 0.25) is 0 Å². The number of hydrogen-bond acceptors (Lipinski definition) is 3. The van der Waals surface area contributed by atoms with Crippen molar-refractivity contribution in [2.24, 2.45) is 5.92 Å². The molecule has 1 saturated carbocycles. The van der Waals surface area contributed by atoms with E-state index in [2.05, 4.69) is 11.8 Å². The van der Waals surface area contributed by atoms with Crippen LogP contribution < -0.4 is 0 Å². The van der Waals surface area contributed by atoms with Crippen LogP contribution in [0.5, 0.6) is 0 Å². The van der Waals surface area contributed by atoms with Crippen molar-refractivity contribution >= 4 is 7.69 Å². The fourth-order valence-corrected chi connectivity index (χ4v) is 2.62. The molecule has 0 N–H and O–H groups in total. The van der Waals surface area contributed by atoms with Crippen molar-refractivity contribution in [2.75, 3.05) is 26.3 Å². The molecule has 0 unspecified atom stereocenters. The Bertz CT molecular complexity index is 175. The van der Waals surface area contributed by atoms with E-state index in [-0.39, 0.29) is 0 Å². The SMILES string of the molecule is CC1CCC(N2CCOBOCC2)CC1. The van der Waals surface area contributed by atoms with Crippen molar-refractivity contribution in [1.82, 2.24) is 4.90 Å². The van der Waals surface area contributed by atoms with E-state index in [4.69, 9.17) is 9.31 Å². The highest BCUT2D eigenvalue weighted by Crippen LogP contribution is 2.26. The maximum absolute atomic E-state index is 5.35. The lowest BCUT2D eigenvalue weighted by atomic mass is 9.86. The topological polar surface area (TPSA) is 21.7 Å². The van der Waals surface area contributed by atoms with Crippen molar-refractivity contribution in [2.45, 2.75) is 38.6 Å². The van der Waals surface area contributed by atoms with Crippen LogP contribution in [-0.2, 0) is 9.31 Å². The summed E-state index contributed by atoms with van der Waals surface area (Å²) in [6.45, 7) is 6.19. The Morgan fingerprint density at radius 2 is 1.60 bits per heavy atom. The van der Waals surface area contributed by atoms with E-state index in [1.54, 1.807) is 0 Å². The van der Waals surface area contributed by atoms with Crippen molar-refractivity contribution < 1.29 is 9.31 Å². The Labute approximate surface area is 93.4 Å². The molecule has 0 aromatic rings. The molecule has 1 aliphatic heterocycles. The zero-order valence-electron chi connectivity index (χ0n) is 9.78. The Balaban J connectivity index is 1.79. The van der Waals surface area contributed by atoms with Crippen molar-refractivity contribution in [1.29, 1.82) is 0 Å². The van der Waals surface area contributed by atoms with Crippen LogP contribution in [0.3, 0.4) is 0 Å². The van der Waals surface area contributed by atoms with Crippen LogP contribution in [0.4, 0.5) is 0 Å². The molecule has 15 heavy (non-hydrogen) atoms. The van der Waals surface area contributed by atoms with Gasteiger partial charge in [0.05, 0.1) is 0 Å². The average molecular weight is 211 g/mol. The highest BCUT2D eigenvalue weighted by Gasteiger charge is 2.24. The summed E-state index contributed by atoms with van der Waals surface area (Å²) in [5, 5.41) is 0. The Kier molecular flexibility index (Phi) is 4.48. The zero-order valence-corrected chi connectivity index (χ0v) is 9.78. The molecular formula is C11H22BNO2. The maximum atomic E-state index is 5.35. The molecule has 0 aromatic carbocycles. The van der Waals surface area contributed by atoms with E-state index >= 15 is 0 Å². The van der Waals surface area contributed by atoms with Crippen LogP contribution in [0, 0.1) is 5.92 Å². The predicted octanol–water partition coefficient (Wildman–Crippen LogP) is 1.18. The molecule has 2 fully saturated rings. The van der Waals surface area contributed by atoms with Gasteiger partial charge in [0.15, 0.2) is 0 Å². The van der Waals surface area contributed by atoms with Gasteiger partial charge in [-0.05, 0) is 31.6 Å². The van der Waals surface area contributed by atoms with Crippen molar-refractivity contribution in [3.05, 3.63) is 0 Å². The monoisotopic (exact) mass is 211 g/mol. The van der Waals surface area contributed by atoms with Gasteiger partial charge >= 0.3 is 7.69 Å². The van der Waals surface area contributed by atoms with Gasteiger partial charge in [0.1, 0.15) is 0 Å². The Morgan fingerprint density at radius 3 is 2.20 bits per heavy atom. The molecule has 2 aliphatic rings. The fourth-order valence-electron chi connectivity index (χ4n) is 2.62. The van der Waals surface area contributed by atoms with Crippen LogP contribution in [0.25, 0.3) is 0 Å². The molecule has 86 valence electrons. The van der Waals surface area contributed by atoms with Gasteiger partial charge in [-0.25, -0.2) is 0 Å². The molecule has 1 heterocycles. The number of hydrogen-bond donors (Lipinski definition) is 0. The zero-order chi connectivity index (χ0) is 10.5. The quantitative estimate of drug-likeness (QED) is 0.608. The van der Waals surface area contributed by atoms with E-state index in [9.17, 15) is 0 Å². The first-order valence-electron chi connectivity index (χ1n) is 6.26. The lowest BCUT2D eigenvalue weighted by Gasteiger charge is -2.36. The normalized spacial score (nSPS) is 35.3. The van der Waals surface area contributed by atoms with Gasteiger partial charge in [-0.1, -0.05) is 6.92 Å². The number of nitrogens with zero attached hydrogens (tertiary/aromatic N) is 1. The second-order valence-electron chi connectivity index (χ2n) is 4.88. The standard InChI is InChI=1S/C11H22BNO2/c1-10-2-4-11(5-3-10)13-6-8-14-12-15-9-7-13/h10-12H,2-9H2,1H3. The summed E-state index contributed by atoms with van der Waals surface area (Å²) < 4.78 is 10.7. The minimum Gasteiger partial charge on any atom is -0.413 e. The minimum atomic E-state index is 0.482. The van der Waals surface area contributed by atoms with Crippen molar-refractivity contribution in [3.8, 4) is 0 Å². The highest BCUT2D eigenvalue weighted by molar-refractivity contribution is 6.17. The third-order valence-electron chi connectivity index (χ3n) is 3.71. The molecule has 0 amide bonds. The molecule has 1 saturated heterocycles. The van der Waals surface area contributed by atoms with Crippen LogP contribution in [0.15, 0.2) is 0 Å². The number of rotatable bonds is 1. The fraction of sp³-hybridized carbons (Fsp3) is 1.00. The van der Waals surface area contributed by atoms with E-state index < -0.39 is 0 Å². The van der Waals surface area contributed by atoms with Crippen LogP contribution in [0.2, 0.25) is 0 Å². The first kappa shape index (κ1) is 11.4. The van der Waals surface area contributed by atoms with Gasteiger partial charge in [0, 0.05) is 32.3 Å². The van der Waals surface area contributed by atoms with Gasteiger partial charge in [-0.3, -0.25) is 4.90 Å². The van der Waals surface area contributed by atoms with Gasteiger partial charge in [-0.2, -0.15) is 0 Å². The molecule has 0 radical (unpaired) electrons. The third kappa shape index (κ3) is 3.47. The van der Waals surface area contributed by atoms with E-state index in [1.807, 2.05) is 0 Å². The highest BCUT2D eigenvalue weighted by atomic mass is 16.6. The van der Waals surface area contributed by atoms with Crippen LogP contribution in [-0.4, -0.2) is 44.9 Å². The first-order valence-corrected chi connectivity index (χ1v) is 6.26. The van der Waals surface area contributed by atoms with Gasteiger partial charge in [-0.15, -0.1) is 0 Å². The Morgan fingerprint density at radius 1 is 1.00 bits per heavy atom. The first-order chi connectivity index (χ1) is 7.36. The summed E-state index contributed by atoms with van der Waals surface area (Å²) in [6, 6.07) is 0.784. The molecule has 4 heteroatoms. The second kappa shape index (κ2) is 5.87. The third-order valence-corrected chi connectivity index (χ3v) is 3.71. The summed E-state index contributed by atoms with van der Waals surface area (Å²) >= 11 is 0. The summed E-state index contributed by atoms with van der Waals surface area (Å²) in [4.78, 5) is 2.56. The summed E-state index contributed by atoms with van der Waals surface area (Å²) in [7, 11) is 0.482. The van der Waals surface area contributed by atoms with Gasteiger partial charge < -0.3 is 9.31 Å². The smallest absolute Gasteiger partial charge is 0.413 e. The summed E-state index contributed by atoms with van der Waals surface area (Å²) in [5.41, 5.74) is 0. The Hall–Kier alpha value is -0.0551. The minimum absolute atomic E-state index is 0.482. The molecule has 2 rings (SSSR count). The van der Waals surface area contributed by atoms with Crippen LogP contribution in [0.1, 0.15) is 32.6 Å². The molecule has 0 spiro atoms. The van der Waals surface area contributed by atoms with E-state index in [0.717, 1.165) is 38.3 Å². The second-order valence-corrected chi connectivity index (χ2v) is 4.88. The molecular weight excluding hydrogens is 189 g/mol. The molecule has 0 aromatic heterocycles. The average Bonchev–Trinajstić information content (AvgIpc) is 2.19. The molecule has 0 bridgehead atoms. The van der Waals surface area contributed by atoms with E-state index in [1.165, 1.54) is 25.7 Å². The summed E-state index contributed by atoms with van der Waals surface area (Å²) in [5.74, 6) is 0.934. The summed E-state index contributed by atoms with van der Waals surface area (Å²) in [6.07, 6.45) is 5.51. The van der Waals surface area contributed by atoms with Crippen molar-refractivity contribution in [3.63, 3.8) is 0 Å². The van der Waals surface area contributed by atoms with E-state index in [0.29, 0.717) is 7.69 Å². The molecule has 0 atom stereocenters. The molecule has 3 nitrogen and oxygen atoms in total. The lowest BCUT2D eigenvalue weighted by molar-refractivity contribution is 0.0738. The predicted molar refractivity (Wildman–Crippen MR) is 62.0 cm³/mol. The van der Waals surface area contributed by atoms with Crippen LogP contribution >= 0.6 is 0 Å². The largest absolute Gasteiger partial charge is 0.438 e. The maximum Gasteiger partial charge on any atom is 0.438 e. The van der Waals surface area contributed by atoms with Gasteiger partial charge in [0.25, 0.3) is 0 Å². The lowest BCUT2D eigenvalue weighted by Crippen LogP contribution is -2.43.